The molecule has 0 fully saturated rings. The number of hydrogen-bond donors (Lipinski definition) is 0. The molecule has 1 unspecified atom stereocenters. The lowest BCUT2D eigenvalue weighted by atomic mass is 10.1. The second-order valence-corrected chi connectivity index (χ2v) is 13.6. The van der Waals surface area contributed by atoms with Crippen LogP contribution in [-0.4, -0.2) is 18.5 Å². The van der Waals surface area contributed by atoms with E-state index in [4.69, 9.17) is 23.6 Å². The Kier molecular flexibility index (Phi) is 10.2. The van der Waals surface area contributed by atoms with Crippen molar-refractivity contribution < 1.29 is 0 Å². The van der Waals surface area contributed by atoms with Crippen molar-refractivity contribution in [2.24, 2.45) is 0 Å². The van der Waals surface area contributed by atoms with Gasteiger partial charge in [0, 0.05) is 5.66 Å². The average Bonchev–Trinajstić information content (AvgIpc) is 2.51. The summed E-state index contributed by atoms with van der Waals surface area (Å²) in [5.74, 6) is 0. The summed E-state index contributed by atoms with van der Waals surface area (Å²) < 4.78 is 0. The van der Waals surface area contributed by atoms with Crippen LogP contribution in [0.2, 0.25) is 0 Å². The van der Waals surface area contributed by atoms with E-state index in [1.807, 2.05) is 0 Å². The van der Waals surface area contributed by atoms with Gasteiger partial charge in [0.25, 0.3) is 0 Å². The molecule has 0 heterocycles. The summed E-state index contributed by atoms with van der Waals surface area (Å²) in [6.07, 6.45) is 10.1. The molecule has 124 valence electrons. The lowest BCUT2D eigenvalue weighted by Crippen LogP contribution is -2.13. The van der Waals surface area contributed by atoms with E-state index in [1.54, 1.807) is 0 Å². The molecule has 0 spiro atoms. The molecule has 1 aromatic rings. The molecular weight excluding hydrogens is 342 g/mol. The van der Waals surface area contributed by atoms with Gasteiger partial charge in [0.05, 0.1) is 0 Å². The van der Waals surface area contributed by atoms with Crippen LogP contribution in [0.3, 0.4) is 0 Å². The second kappa shape index (κ2) is 11.0. The summed E-state index contributed by atoms with van der Waals surface area (Å²) >= 11 is 11.1. The highest BCUT2D eigenvalue weighted by atomic mass is 32.4. The zero-order valence-electron chi connectivity index (χ0n) is 14.3. The zero-order valence-corrected chi connectivity index (χ0v) is 17.7. The van der Waals surface area contributed by atoms with E-state index in [-0.39, 0.29) is 0 Å². The van der Waals surface area contributed by atoms with Crippen LogP contribution in [0.15, 0.2) is 24.3 Å². The Hall–Kier alpha value is 0.390. The lowest BCUT2D eigenvalue weighted by molar-refractivity contribution is 0.676. The molecule has 1 aromatic carbocycles. The van der Waals surface area contributed by atoms with Crippen LogP contribution in [0.5, 0.6) is 0 Å². The summed E-state index contributed by atoms with van der Waals surface area (Å²) in [5, 5.41) is 1.50. The van der Waals surface area contributed by atoms with Gasteiger partial charge in [-0.25, -0.2) is 0 Å². The molecule has 0 N–H and O–H groups in total. The van der Waals surface area contributed by atoms with Gasteiger partial charge in [0.2, 0.25) is 0 Å². The highest BCUT2D eigenvalue weighted by Crippen LogP contribution is 2.42. The van der Waals surface area contributed by atoms with Gasteiger partial charge in [0.15, 0.2) is 0 Å². The zero-order chi connectivity index (χ0) is 16.4. The van der Waals surface area contributed by atoms with Crippen LogP contribution in [-0.2, 0) is 30.0 Å². The maximum absolute atomic E-state index is 6.05. The van der Waals surface area contributed by atoms with Crippen molar-refractivity contribution >= 4 is 42.3 Å². The van der Waals surface area contributed by atoms with Crippen molar-refractivity contribution in [3.8, 4) is 0 Å². The van der Waals surface area contributed by atoms with Gasteiger partial charge in [-0.15, -0.1) is 0 Å². The van der Waals surface area contributed by atoms with Crippen LogP contribution >= 0.6 is 13.4 Å². The topological polar surface area (TPSA) is 0 Å². The number of unbranched alkanes of at least 4 members (excludes halogenated alkanes) is 3. The van der Waals surface area contributed by atoms with E-state index in [0.717, 1.165) is 7.36 Å². The van der Waals surface area contributed by atoms with Gasteiger partial charge in [-0.1, -0.05) is 81.0 Å². The molecule has 0 aromatic heterocycles. The van der Waals surface area contributed by atoms with Gasteiger partial charge in [0.1, 0.15) is 0 Å². The van der Waals surface area contributed by atoms with Crippen LogP contribution in [0.4, 0.5) is 0 Å². The maximum Gasteiger partial charge on any atom is 0.00848 e. The first-order chi connectivity index (χ1) is 10.5. The third-order valence-corrected chi connectivity index (χ3v) is 9.65. The maximum atomic E-state index is 6.05. The average molecular weight is 373 g/mol. The third kappa shape index (κ3) is 7.31. The number of benzene rings is 1. The normalized spacial score (nSPS) is 15.6. The fourth-order valence-corrected chi connectivity index (χ4v) is 6.56. The molecule has 1 rings (SSSR count). The Bertz CT molecular complexity index is 500. The van der Waals surface area contributed by atoms with Crippen molar-refractivity contribution in [2.75, 3.05) is 12.8 Å². The smallest absolute Gasteiger partial charge is 0.00848 e. The highest BCUT2D eigenvalue weighted by Gasteiger charge is 2.16. The Morgan fingerprint density at radius 1 is 1.14 bits per heavy atom. The van der Waals surface area contributed by atoms with E-state index >= 15 is 0 Å². The van der Waals surface area contributed by atoms with E-state index in [1.165, 1.54) is 62.0 Å². The monoisotopic (exact) mass is 372 g/mol. The van der Waals surface area contributed by atoms with Gasteiger partial charge in [-0.05, 0) is 62.8 Å². The van der Waals surface area contributed by atoms with Gasteiger partial charge < -0.3 is 0 Å². The van der Waals surface area contributed by atoms with Crippen molar-refractivity contribution in [3.63, 3.8) is 0 Å². The third-order valence-electron chi connectivity index (χ3n) is 4.19. The first kappa shape index (κ1) is 20.4. The number of aryl methyl sites for hydroxylation is 1. The first-order valence-corrected chi connectivity index (χ1v) is 13.9. The van der Waals surface area contributed by atoms with E-state index in [2.05, 4.69) is 44.8 Å². The van der Waals surface area contributed by atoms with Crippen molar-refractivity contribution in [3.05, 3.63) is 29.8 Å². The molecule has 0 nitrogen and oxygen atoms in total. The van der Waals surface area contributed by atoms with Gasteiger partial charge in [-0.2, -0.15) is 0 Å². The molecule has 0 saturated carbocycles. The van der Waals surface area contributed by atoms with Crippen molar-refractivity contribution in [1.82, 2.24) is 0 Å². The van der Waals surface area contributed by atoms with Gasteiger partial charge >= 0.3 is 0 Å². The number of rotatable bonds is 11. The van der Waals surface area contributed by atoms with Gasteiger partial charge in [-0.3, -0.25) is 0 Å². The Morgan fingerprint density at radius 2 is 1.86 bits per heavy atom. The first-order valence-electron chi connectivity index (χ1n) is 8.48. The largest absolute Gasteiger partial charge is 0.0928 e. The highest BCUT2D eigenvalue weighted by molar-refractivity contribution is 8.18. The molecule has 0 saturated heterocycles. The predicted octanol–water partition coefficient (Wildman–Crippen LogP) is 6.12. The minimum atomic E-state index is -1.37. The quantitative estimate of drug-likeness (QED) is 0.339. The SMILES string of the molecule is CCCCC[P@](C)(=S)c1ccccc1CCCCC(C)P=S. The summed E-state index contributed by atoms with van der Waals surface area (Å²) in [6, 6.07) is 7.57. The Labute approximate surface area is 149 Å². The summed E-state index contributed by atoms with van der Waals surface area (Å²) in [6.45, 7) is 6.85. The van der Waals surface area contributed by atoms with Crippen LogP contribution in [0.1, 0.15) is 57.9 Å². The van der Waals surface area contributed by atoms with E-state index < -0.39 is 6.04 Å². The van der Waals surface area contributed by atoms with Crippen molar-refractivity contribution in [1.29, 1.82) is 0 Å². The fourth-order valence-electron chi connectivity index (χ4n) is 2.78. The molecule has 0 aliphatic carbocycles. The molecule has 0 radical (unpaired) electrons. The summed E-state index contributed by atoms with van der Waals surface area (Å²) in [5.41, 5.74) is 2.17. The summed E-state index contributed by atoms with van der Waals surface area (Å²) in [4.78, 5) is 0. The fraction of sp³-hybridized carbons (Fsp3) is 0.667. The molecule has 0 bridgehead atoms. The molecule has 0 aliphatic heterocycles. The molecule has 0 aliphatic rings. The molecule has 22 heavy (non-hydrogen) atoms. The lowest BCUT2D eigenvalue weighted by Gasteiger charge is -2.21. The molecule has 4 heteroatoms. The number of hydrogen-bond acceptors (Lipinski definition) is 2. The Morgan fingerprint density at radius 3 is 2.55 bits per heavy atom. The molecule has 0 amide bonds. The minimum absolute atomic E-state index is 0.663. The second-order valence-electron chi connectivity index (χ2n) is 6.36. The standard InChI is InChI=1S/C18H30P2S2/c1-4-5-10-15-20(3,22)18-14-9-8-13-17(18)12-7-6-11-16(2)19-21/h8-9,13-14,16H,4-7,10-12,15H2,1-3H3/t16?,20-/m0/s1. The molecule has 2 atom stereocenters. The predicted molar refractivity (Wildman–Crippen MR) is 112 cm³/mol. The summed E-state index contributed by atoms with van der Waals surface area (Å²) in [7, 11) is 1.12. The minimum Gasteiger partial charge on any atom is -0.0928 e. The van der Waals surface area contributed by atoms with E-state index in [0.29, 0.717) is 5.66 Å². The van der Waals surface area contributed by atoms with E-state index in [9.17, 15) is 0 Å². The van der Waals surface area contributed by atoms with Crippen molar-refractivity contribution in [2.45, 2.75) is 64.5 Å². The van der Waals surface area contributed by atoms with Crippen LogP contribution in [0, 0.1) is 0 Å². The molecular formula is C18H30P2S2. The Balaban J connectivity index is 2.64. The van der Waals surface area contributed by atoms with Crippen LogP contribution in [0.25, 0.3) is 0 Å². The van der Waals surface area contributed by atoms with Crippen LogP contribution < -0.4 is 5.30 Å².